The summed E-state index contributed by atoms with van der Waals surface area (Å²) in [6.07, 6.45) is 0.0670. The number of H-pyrrole nitrogens is 1. The standard InChI is InChI=1S/C23H22Cl2N4O3/c1-5-32-17(30)10-13-12(3)26-22(31)19-18(13)11(2)9-16-21(19)29(4)23(27-16)28-20-14(24)7-6-8-15(20)25/h6-9H,5,10H2,1-4H3,(H,26,31)(H,27,28). The summed E-state index contributed by atoms with van der Waals surface area (Å²) in [5.41, 5.74) is 3.79. The Morgan fingerprint density at radius 3 is 2.56 bits per heavy atom. The first-order valence-electron chi connectivity index (χ1n) is 10.1. The second-order valence-electron chi connectivity index (χ2n) is 7.57. The first kappa shape index (κ1) is 22.2. The van der Waals surface area contributed by atoms with Crippen molar-refractivity contribution in [2.45, 2.75) is 27.2 Å². The van der Waals surface area contributed by atoms with Crippen LogP contribution >= 0.6 is 23.2 Å². The molecule has 0 spiro atoms. The van der Waals surface area contributed by atoms with Crippen LogP contribution in [-0.4, -0.2) is 27.1 Å². The highest BCUT2D eigenvalue weighted by Gasteiger charge is 2.21. The maximum atomic E-state index is 13.1. The maximum absolute atomic E-state index is 13.1. The number of pyridine rings is 1. The number of hydrogen-bond donors (Lipinski definition) is 2. The first-order valence-corrected chi connectivity index (χ1v) is 10.9. The number of hydrogen-bond acceptors (Lipinski definition) is 5. The van der Waals surface area contributed by atoms with E-state index in [1.807, 2.05) is 20.0 Å². The van der Waals surface area contributed by atoms with Crippen LogP contribution in [0.15, 0.2) is 29.1 Å². The molecule has 4 aromatic rings. The van der Waals surface area contributed by atoms with Gasteiger partial charge in [-0.2, -0.15) is 0 Å². The number of imidazole rings is 1. The van der Waals surface area contributed by atoms with Crippen molar-refractivity contribution in [2.24, 2.45) is 7.05 Å². The van der Waals surface area contributed by atoms with Crippen LogP contribution in [0.4, 0.5) is 11.6 Å². The average Bonchev–Trinajstić information content (AvgIpc) is 3.02. The molecular formula is C23H22Cl2N4O3. The minimum absolute atomic E-state index is 0.0670. The van der Waals surface area contributed by atoms with Crippen molar-refractivity contribution < 1.29 is 9.53 Å². The van der Waals surface area contributed by atoms with E-state index in [1.165, 1.54) is 0 Å². The van der Waals surface area contributed by atoms with E-state index in [9.17, 15) is 9.59 Å². The van der Waals surface area contributed by atoms with E-state index >= 15 is 0 Å². The van der Waals surface area contributed by atoms with E-state index in [2.05, 4.69) is 15.3 Å². The molecular weight excluding hydrogens is 451 g/mol. The van der Waals surface area contributed by atoms with Gasteiger partial charge in [0, 0.05) is 12.7 Å². The van der Waals surface area contributed by atoms with Crippen LogP contribution in [-0.2, 0) is 23.0 Å². The smallest absolute Gasteiger partial charge is 0.310 e. The largest absolute Gasteiger partial charge is 0.466 e. The summed E-state index contributed by atoms with van der Waals surface area (Å²) >= 11 is 12.6. The molecule has 0 unspecified atom stereocenters. The zero-order chi connectivity index (χ0) is 23.2. The second kappa shape index (κ2) is 8.48. The number of carbonyl (C=O) groups excluding carboxylic acids is 1. The normalized spacial score (nSPS) is 11.3. The fraction of sp³-hybridized carbons (Fsp3) is 0.261. The fourth-order valence-corrected chi connectivity index (χ4v) is 4.52. The number of nitrogens with zero attached hydrogens (tertiary/aromatic N) is 2. The van der Waals surface area contributed by atoms with Gasteiger partial charge in [0.25, 0.3) is 5.56 Å². The predicted molar refractivity (Wildman–Crippen MR) is 128 cm³/mol. The maximum Gasteiger partial charge on any atom is 0.310 e. The summed E-state index contributed by atoms with van der Waals surface area (Å²) in [7, 11) is 1.81. The number of para-hydroxylation sites is 1. The number of rotatable bonds is 5. The van der Waals surface area contributed by atoms with Gasteiger partial charge in [0.1, 0.15) is 0 Å². The van der Waals surface area contributed by atoms with Gasteiger partial charge in [-0.25, -0.2) is 4.98 Å². The summed E-state index contributed by atoms with van der Waals surface area (Å²) in [4.78, 5) is 32.9. The van der Waals surface area contributed by atoms with Crippen molar-refractivity contribution in [3.63, 3.8) is 0 Å². The molecule has 4 rings (SSSR count). The van der Waals surface area contributed by atoms with Crippen LogP contribution in [0.3, 0.4) is 0 Å². The molecule has 166 valence electrons. The quantitative estimate of drug-likeness (QED) is 0.390. The van der Waals surface area contributed by atoms with E-state index in [4.69, 9.17) is 27.9 Å². The minimum atomic E-state index is -0.343. The van der Waals surface area contributed by atoms with Gasteiger partial charge in [-0.3, -0.25) is 9.59 Å². The lowest BCUT2D eigenvalue weighted by atomic mass is 9.96. The highest BCUT2D eigenvalue weighted by Crippen LogP contribution is 2.35. The van der Waals surface area contributed by atoms with Gasteiger partial charge in [-0.1, -0.05) is 29.3 Å². The third kappa shape index (κ3) is 3.72. The highest BCUT2D eigenvalue weighted by atomic mass is 35.5. The van der Waals surface area contributed by atoms with Gasteiger partial charge in [0.05, 0.1) is 45.2 Å². The summed E-state index contributed by atoms with van der Waals surface area (Å²) in [6.45, 7) is 5.75. The van der Waals surface area contributed by atoms with Crippen LogP contribution in [0.25, 0.3) is 21.8 Å². The van der Waals surface area contributed by atoms with Crippen LogP contribution < -0.4 is 10.9 Å². The van der Waals surface area contributed by atoms with Gasteiger partial charge in [0.2, 0.25) is 5.95 Å². The molecule has 0 aliphatic heterocycles. The number of halogens is 2. The Labute approximate surface area is 194 Å². The Bertz CT molecular complexity index is 1420. The predicted octanol–water partition coefficient (Wildman–Crippen LogP) is 5.19. The zero-order valence-electron chi connectivity index (χ0n) is 18.1. The van der Waals surface area contributed by atoms with E-state index in [0.717, 1.165) is 16.5 Å². The number of anilines is 2. The Hall–Kier alpha value is -3.03. The second-order valence-corrected chi connectivity index (χ2v) is 8.38. The number of fused-ring (bicyclic) bond motifs is 3. The van der Waals surface area contributed by atoms with Crippen LogP contribution in [0.5, 0.6) is 0 Å². The molecule has 0 fully saturated rings. The Morgan fingerprint density at radius 2 is 1.91 bits per heavy atom. The lowest BCUT2D eigenvalue weighted by Gasteiger charge is -2.13. The summed E-state index contributed by atoms with van der Waals surface area (Å²) in [5.74, 6) is 0.137. The van der Waals surface area contributed by atoms with Crippen molar-refractivity contribution in [2.75, 3.05) is 11.9 Å². The first-order chi connectivity index (χ1) is 15.2. The number of nitrogens with one attached hydrogen (secondary N) is 2. The lowest BCUT2D eigenvalue weighted by molar-refractivity contribution is -0.142. The minimum Gasteiger partial charge on any atom is -0.466 e. The average molecular weight is 473 g/mol. The molecule has 2 heterocycles. The number of ether oxygens (including phenoxy) is 1. The van der Waals surface area contributed by atoms with E-state index in [1.54, 1.807) is 36.6 Å². The number of esters is 1. The molecule has 0 aliphatic carbocycles. The zero-order valence-corrected chi connectivity index (χ0v) is 19.6. The van der Waals surface area contributed by atoms with Crippen molar-refractivity contribution in [1.82, 2.24) is 14.5 Å². The molecule has 0 radical (unpaired) electrons. The number of aromatic nitrogens is 3. The van der Waals surface area contributed by atoms with Gasteiger partial charge in [-0.15, -0.1) is 0 Å². The highest BCUT2D eigenvalue weighted by molar-refractivity contribution is 6.39. The number of benzene rings is 2. The van der Waals surface area contributed by atoms with Gasteiger partial charge in [0.15, 0.2) is 0 Å². The van der Waals surface area contributed by atoms with Crippen molar-refractivity contribution in [3.05, 3.63) is 61.5 Å². The number of aryl methyl sites for hydroxylation is 3. The third-order valence-electron chi connectivity index (χ3n) is 5.46. The molecule has 0 amide bonds. The SMILES string of the molecule is CCOC(=O)Cc1c(C)[nH]c(=O)c2c1c(C)cc1nc(Nc3c(Cl)cccc3Cl)n(C)c12. The third-order valence-corrected chi connectivity index (χ3v) is 6.09. The van der Waals surface area contributed by atoms with Gasteiger partial charge < -0.3 is 19.6 Å². The molecule has 7 nitrogen and oxygen atoms in total. The number of carbonyl (C=O) groups is 1. The molecule has 0 bridgehead atoms. The molecule has 0 saturated carbocycles. The molecule has 2 N–H and O–H groups in total. The van der Waals surface area contributed by atoms with Gasteiger partial charge in [-0.05, 0) is 55.5 Å². The monoisotopic (exact) mass is 472 g/mol. The summed E-state index contributed by atoms with van der Waals surface area (Å²) < 4.78 is 6.93. The summed E-state index contributed by atoms with van der Waals surface area (Å²) in [6, 6.07) is 7.12. The van der Waals surface area contributed by atoms with E-state index in [-0.39, 0.29) is 17.9 Å². The Kier molecular flexibility index (Phi) is 5.88. The molecule has 2 aromatic carbocycles. The van der Waals surface area contributed by atoms with Crippen LogP contribution in [0, 0.1) is 13.8 Å². The molecule has 2 aromatic heterocycles. The lowest BCUT2D eigenvalue weighted by Crippen LogP contribution is -2.16. The van der Waals surface area contributed by atoms with Crippen molar-refractivity contribution in [1.29, 1.82) is 0 Å². The van der Waals surface area contributed by atoms with Crippen molar-refractivity contribution in [3.8, 4) is 0 Å². The van der Waals surface area contributed by atoms with Crippen molar-refractivity contribution >= 4 is 62.6 Å². The molecule has 0 aliphatic rings. The molecule has 32 heavy (non-hydrogen) atoms. The Morgan fingerprint density at radius 1 is 1.22 bits per heavy atom. The molecule has 0 saturated heterocycles. The number of aromatic amines is 1. The van der Waals surface area contributed by atoms with E-state index < -0.39 is 0 Å². The molecule has 9 heteroatoms. The van der Waals surface area contributed by atoms with Gasteiger partial charge >= 0.3 is 5.97 Å². The van der Waals surface area contributed by atoms with E-state index in [0.29, 0.717) is 50.4 Å². The van der Waals surface area contributed by atoms with Crippen LogP contribution in [0.2, 0.25) is 10.0 Å². The fourth-order valence-electron chi connectivity index (χ4n) is 4.03. The van der Waals surface area contributed by atoms with Crippen LogP contribution in [0.1, 0.15) is 23.7 Å². The summed E-state index contributed by atoms with van der Waals surface area (Å²) in [5, 5.41) is 5.29. The Balaban J connectivity index is 1.97. The topological polar surface area (TPSA) is 89.0 Å². The molecule has 0 atom stereocenters.